The number of carbonyl (C=O) groups excluding carboxylic acids is 2. The molecule has 0 spiro atoms. The van der Waals surface area contributed by atoms with E-state index in [0.29, 0.717) is 12.8 Å². The second kappa shape index (κ2) is 22.5. The normalized spacial score (nSPS) is 14.5. The van der Waals surface area contributed by atoms with Crippen molar-refractivity contribution in [3.63, 3.8) is 0 Å². The van der Waals surface area contributed by atoms with E-state index in [2.05, 4.69) is 24.1 Å². The van der Waals surface area contributed by atoms with Gasteiger partial charge >= 0.3 is 11.9 Å². The molecule has 0 aromatic heterocycles. The van der Waals surface area contributed by atoms with Crippen molar-refractivity contribution in [2.75, 3.05) is 6.61 Å². The Bertz CT molecular complexity index is 602. The molecular weight excluding hydrogens is 464 g/mol. The van der Waals surface area contributed by atoms with Crippen molar-refractivity contribution in [1.82, 2.24) is 0 Å². The average molecular weight is 523 g/mol. The van der Waals surface area contributed by atoms with Crippen LogP contribution in [0.3, 0.4) is 0 Å². The number of rotatable bonds is 27. The summed E-state index contributed by atoms with van der Waals surface area (Å²) in [6.45, 7) is 6.41. The fraction of sp³-hybridized carbons (Fsp3) is 0.935. The molecule has 1 heterocycles. The highest BCUT2D eigenvalue weighted by molar-refractivity contribution is 5.70. The van der Waals surface area contributed by atoms with Crippen LogP contribution in [0, 0.1) is 0 Å². The Labute approximate surface area is 228 Å². The molecule has 0 aromatic carbocycles. The lowest BCUT2D eigenvalue weighted by Crippen LogP contribution is -2.22. The smallest absolute Gasteiger partial charge is 0.306 e. The van der Waals surface area contributed by atoms with Crippen molar-refractivity contribution < 1.29 is 19.1 Å². The van der Waals surface area contributed by atoms with Gasteiger partial charge in [0, 0.05) is 12.8 Å². The molecule has 0 fully saturated rings. The van der Waals surface area contributed by atoms with Crippen LogP contribution in [0.25, 0.3) is 0 Å². The first-order valence-electron chi connectivity index (χ1n) is 15.8. The molecule has 0 saturated carbocycles. The van der Waals surface area contributed by atoms with Crippen LogP contribution in [0.5, 0.6) is 0 Å². The maximum atomic E-state index is 12.2. The summed E-state index contributed by atoms with van der Waals surface area (Å²) in [6, 6.07) is 0. The summed E-state index contributed by atoms with van der Waals surface area (Å²) in [4.78, 5) is 24.1. The van der Waals surface area contributed by atoms with Gasteiger partial charge in [-0.1, -0.05) is 117 Å². The van der Waals surface area contributed by atoms with Gasteiger partial charge in [0.2, 0.25) is 0 Å². The molecule has 0 N–H and O–H groups in total. The number of nitrogens with zero attached hydrogens (tertiary/aromatic N) is 2. The molecule has 1 aliphatic heterocycles. The van der Waals surface area contributed by atoms with Gasteiger partial charge in [0.1, 0.15) is 12.7 Å². The molecule has 1 atom stereocenters. The van der Waals surface area contributed by atoms with Gasteiger partial charge in [-0.05, 0) is 39.0 Å². The van der Waals surface area contributed by atoms with E-state index in [0.717, 1.165) is 38.5 Å². The Balaban J connectivity index is 1.93. The maximum absolute atomic E-state index is 12.2. The van der Waals surface area contributed by atoms with E-state index in [-0.39, 0.29) is 24.2 Å². The van der Waals surface area contributed by atoms with Gasteiger partial charge in [0.25, 0.3) is 0 Å². The second-order valence-corrected chi connectivity index (χ2v) is 11.2. The minimum Gasteiger partial charge on any atom is -0.462 e. The van der Waals surface area contributed by atoms with E-state index >= 15 is 0 Å². The Hall–Kier alpha value is -1.46. The lowest BCUT2D eigenvalue weighted by molar-refractivity contribution is -0.158. The van der Waals surface area contributed by atoms with Gasteiger partial charge in [-0.15, -0.1) is 0 Å². The summed E-state index contributed by atoms with van der Waals surface area (Å²) in [7, 11) is 0. The molecule has 0 radical (unpaired) electrons. The van der Waals surface area contributed by atoms with Gasteiger partial charge in [-0.3, -0.25) is 9.59 Å². The van der Waals surface area contributed by atoms with Crippen LogP contribution in [-0.2, 0) is 19.1 Å². The Morgan fingerprint density at radius 3 is 1.54 bits per heavy atom. The van der Waals surface area contributed by atoms with Gasteiger partial charge < -0.3 is 9.47 Å². The first-order chi connectivity index (χ1) is 18.0. The van der Waals surface area contributed by atoms with Crippen LogP contribution < -0.4 is 0 Å². The minimum atomic E-state index is -0.411. The number of ether oxygens (including phenoxy) is 2. The summed E-state index contributed by atoms with van der Waals surface area (Å²) in [5.41, 5.74) is -0.223. The predicted octanol–water partition coefficient (Wildman–Crippen LogP) is 9.64. The molecule has 0 amide bonds. The highest BCUT2D eigenvalue weighted by Crippen LogP contribution is 2.38. The highest BCUT2D eigenvalue weighted by atomic mass is 16.6. The number of hydrogen-bond acceptors (Lipinski definition) is 6. The number of carbonyl (C=O) groups is 2. The molecule has 0 bridgehead atoms. The van der Waals surface area contributed by atoms with Crippen molar-refractivity contribution in [3.05, 3.63) is 0 Å². The first-order valence-corrected chi connectivity index (χ1v) is 15.8. The number of hydrogen-bond donors (Lipinski definition) is 0. The SMILES string of the molecule is CCCCCCCCCCCCCC(=O)OC[C@@H](C)OC(=O)CCCC1(CCCCCCCCC)N=N1. The fourth-order valence-corrected chi connectivity index (χ4v) is 4.81. The molecule has 37 heavy (non-hydrogen) atoms. The number of unbranched alkanes of at least 4 members (excludes halogenated alkanes) is 16. The quantitative estimate of drug-likeness (QED) is 0.0794. The van der Waals surface area contributed by atoms with Crippen LogP contribution in [0.15, 0.2) is 10.2 Å². The van der Waals surface area contributed by atoms with E-state index in [1.807, 2.05) is 0 Å². The van der Waals surface area contributed by atoms with Crippen LogP contribution in [0.1, 0.15) is 168 Å². The van der Waals surface area contributed by atoms with E-state index < -0.39 is 6.10 Å². The van der Waals surface area contributed by atoms with Crippen molar-refractivity contribution in [1.29, 1.82) is 0 Å². The van der Waals surface area contributed by atoms with Crippen LogP contribution >= 0.6 is 0 Å². The van der Waals surface area contributed by atoms with Crippen LogP contribution in [0.2, 0.25) is 0 Å². The van der Waals surface area contributed by atoms with Crippen molar-refractivity contribution in [3.8, 4) is 0 Å². The summed E-state index contributed by atoms with van der Waals surface area (Å²) < 4.78 is 10.7. The Morgan fingerprint density at radius 1 is 0.595 bits per heavy atom. The van der Waals surface area contributed by atoms with E-state index in [1.165, 1.54) is 96.3 Å². The molecule has 0 unspecified atom stereocenters. The van der Waals surface area contributed by atoms with Crippen molar-refractivity contribution >= 4 is 11.9 Å². The topological polar surface area (TPSA) is 77.3 Å². The fourth-order valence-electron chi connectivity index (χ4n) is 4.81. The largest absolute Gasteiger partial charge is 0.462 e. The summed E-state index contributed by atoms with van der Waals surface area (Å²) in [6.07, 6.45) is 25.8. The molecule has 6 nitrogen and oxygen atoms in total. The molecular formula is C31H58N2O4. The second-order valence-electron chi connectivity index (χ2n) is 11.2. The third-order valence-corrected chi connectivity index (χ3v) is 7.32. The molecule has 0 aliphatic carbocycles. The summed E-state index contributed by atoms with van der Waals surface area (Å²) in [5.74, 6) is -0.427. The monoisotopic (exact) mass is 522 g/mol. The molecule has 1 rings (SSSR count). The summed E-state index contributed by atoms with van der Waals surface area (Å²) >= 11 is 0. The zero-order valence-electron chi connectivity index (χ0n) is 24.6. The Kier molecular flexibility index (Phi) is 20.4. The third-order valence-electron chi connectivity index (χ3n) is 7.32. The van der Waals surface area contributed by atoms with E-state index in [9.17, 15) is 9.59 Å². The van der Waals surface area contributed by atoms with Gasteiger partial charge in [0.15, 0.2) is 5.66 Å². The van der Waals surface area contributed by atoms with Crippen LogP contribution in [-0.4, -0.2) is 30.3 Å². The van der Waals surface area contributed by atoms with E-state index in [4.69, 9.17) is 9.47 Å². The molecule has 0 aromatic rings. The summed E-state index contributed by atoms with van der Waals surface area (Å²) in [5, 5.41) is 8.53. The van der Waals surface area contributed by atoms with Crippen molar-refractivity contribution in [2.45, 2.75) is 180 Å². The van der Waals surface area contributed by atoms with Gasteiger partial charge in [-0.25, -0.2) is 0 Å². The predicted molar refractivity (Wildman–Crippen MR) is 152 cm³/mol. The van der Waals surface area contributed by atoms with E-state index in [1.54, 1.807) is 6.92 Å². The lowest BCUT2D eigenvalue weighted by Gasteiger charge is -2.14. The zero-order chi connectivity index (χ0) is 27.0. The zero-order valence-corrected chi connectivity index (χ0v) is 24.6. The average Bonchev–Trinajstić information content (AvgIpc) is 3.65. The standard InChI is InChI=1S/C31H58N2O4/c1-4-6-8-10-12-13-14-15-16-18-20-23-29(34)36-27-28(3)37-30(35)24-22-26-31(32-33-31)25-21-19-17-11-9-7-5-2/h28H,4-27H2,1-3H3/t28-/m1/s1. The molecule has 6 heteroatoms. The van der Waals surface area contributed by atoms with Crippen LogP contribution in [0.4, 0.5) is 0 Å². The first kappa shape index (κ1) is 33.6. The molecule has 216 valence electrons. The van der Waals surface area contributed by atoms with Crippen molar-refractivity contribution in [2.24, 2.45) is 10.2 Å². The molecule has 0 saturated heterocycles. The van der Waals surface area contributed by atoms with Gasteiger partial charge in [0.05, 0.1) is 0 Å². The molecule has 1 aliphatic rings. The highest BCUT2D eigenvalue weighted by Gasteiger charge is 2.38. The maximum Gasteiger partial charge on any atom is 0.306 e. The lowest BCUT2D eigenvalue weighted by atomic mass is 9.98. The Morgan fingerprint density at radius 2 is 1.03 bits per heavy atom. The third kappa shape index (κ3) is 20.2. The minimum absolute atomic E-state index is 0.134. The van der Waals surface area contributed by atoms with Gasteiger partial charge in [-0.2, -0.15) is 10.2 Å². The number of esters is 2.